The van der Waals surface area contributed by atoms with Crippen molar-refractivity contribution in [2.45, 2.75) is 18.2 Å². The first kappa shape index (κ1) is 13.2. The molecule has 4 heteroatoms. The molecule has 0 aliphatic carbocycles. The summed E-state index contributed by atoms with van der Waals surface area (Å²) in [6.07, 6.45) is 3.12. The van der Waals surface area contributed by atoms with Crippen LogP contribution in [0.2, 0.25) is 0 Å². The second-order valence-corrected chi connectivity index (χ2v) is 5.00. The number of aliphatic hydroxyl groups is 1. The number of hydrogen-bond acceptors (Lipinski definition) is 4. The van der Waals surface area contributed by atoms with E-state index in [0.29, 0.717) is 13.2 Å². The summed E-state index contributed by atoms with van der Waals surface area (Å²) in [6, 6.07) is 14.2. The lowest BCUT2D eigenvalue weighted by Crippen LogP contribution is -2.41. The minimum Gasteiger partial charge on any atom is -0.389 e. The van der Waals surface area contributed by atoms with E-state index in [0.717, 1.165) is 11.1 Å². The first-order chi connectivity index (χ1) is 9.84. The van der Waals surface area contributed by atoms with Gasteiger partial charge >= 0.3 is 0 Å². The molecule has 3 atom stereocenters. The minimum absolute atomic E-state index is 0.0283. The fourth-order valence-corrected chi connectivity index (χ4v) is 2.50. The van der Waals surface area contributed by atoms with Gasteiger partial charge < -0.3 is 9.84 Å². The number of benzene rings is 1. The van der Waals surface area contributed by atoms with Gasteiger partial charge in [-0.25, -0.2) is 0 Å². The van der Waals surface area contributed by atoms with E-state index < -0.39 is 6.10 Å². The molecule has 1 fully saturated rings. The highest BCUT2D eigenvalue weighted by Gasteiger charge is 2.29. The Hall–Kier alpha value is -1.75. The summed E-state index contributed by atoms with van der Waals surface area (Å²) in [7, 11) is 0. The van der Waals surface area contributed by atoms with E-state index in [1.165, 1.54) is 0 Å². The van der Waals surface area contributed by atoms with Crippen molar-refractivity contribution >= 4 is 0 Å². The van der Waals surface area contributed by atoms with Crippen LogP contribution in [0.5, 0.6) is 0 Å². The third kappa shape index (κ3) is 2.88. The molecule has 1 aromatic heterocycles. The van der Waals surface area contributed by atoms with E-state index in [9.17, 15) is 5.11 Å². The Morgan fingerprint density at radius 2 is 1.75 bits per heavy atom. The molecule has 3 unspecified atom stereocenters. The number of nitrogens with zero attached hydrogens (tertiary/aromatic N) is 1. The van der Waals surface area contributed by atoms with Gasteiger partial charge in [-0.2, -0.15) is 0 Å². The lowest BCUT2D eigenvalue weighted by molar-refractivity contribution is 0.121. The van der Waals surface area contributed by atoms with Crippen molar-refractivity contribution in [3.8, 4) is 0 Å². The molecular weight excluding hydrogens is 252 g/mol. The van der Waals surface area contributed by atoms with Crippen molar-refractivity contribution in [2.24, 2.45) is 0 Å². The van der Waals surface area contributed by atoms with Crippen molar-refractivity contribution in [1.29, 1.82) is 0 Å². The highest BCUT2D eigenvalue weighted by Crippen LogP contribution is 2.23. The summed E-state index contributed by atoms with van der Waals surface area (Å²) in [5, 5.41) is 13.4. The molecule has 4 nitrogen and oxygen atoms in total. The monoisotopic (exact) mass is 270 g/mol. The maximum Gasteiger partial charge on any atom is 0.0948 e. The number of nitrogens with one attached hydrogen (secondary N) is 1. The summed E-state index contributed by atoms with van der Waals surface area (Å²) in [5.74, 6) is 0. The molecule has 1 aliphatic rings. The lowest BCUT2D eigenvalue weighted by Gasteiger charge is -2.24. The average Bonchev–Trinajstić information content (AvgIpc) is 2.92. The molecule has 20 heavy (non-hydrogen) atoms. The molecule has 1 aromatic carbocycles. The number of aliphatic hydroxyl groups excluding tert-OH is 1. The number of pyridine rings is 1. The predicted molar refractivity (Wildman–Crippen MR) is 76.3 cm³/mol. The maximum atomic E-state index is 9.93. The summed E-state index contributed by atoms with van der Waals surface area (Å²) in [4.78, 5) is 4.07. The van der Waals surface area contributed by atoms with Crippen molar-refractivity contribution < 1.29 is 9.84 Å². The molecule has 0 bridgehead atoms. The van der Waals surface area contributed by atoms with E-state index in [1.54, 1.807) is 12.4 Å². The van der Waals surface area contributed by atoms with E-state index in [2.05, 4.69) is 22.4 Å². The Morgan fingerprint density at radius 1 is 1.05 bits per heavy atom. The maximum absolute atomic E-state index is 9.93. The van der Waals surface area contributed by atoms with Gasteiger partial charge in [0.1, 0.15) is 0 Å². The molecule has 0 amide bonds. The van der Waals surface area contributed by atoms with Crippen LogP contribution in [-0.2, 0) is 4.74 Å². The number of rotatable bonds is 4. The Balaban J connectivity index is 1.88. The molecule has 0 spiro atoms. The minimum atomic E-state index is -0.456. The zero-order valence-electron chi connectivity index (χ0n) is 11.1. The lowest BCUT2D eigenvalue weighted by atomic mass is 9.98. The van der Waals surface area contributed by atoms with Crippen LogP contribution < -0.4 is 5.32 Å². The van der Waals surface area contributed by atoms with Crippen molar-refractivity contribution in [3.05, 3.63) is 66.0 Å². The molecular formula is C16H18N2O2. The van der Waals surface area contributed by atoms with E-state index in [1.807, 2.05) is 30.3 Å². The fraction of sp³-hybridized carbons (Fsp3) is 0.312. The largest absolute Gasteiger partial charge is 0.389 e. The van der Waals surface area contributed by atoms with Gasteiger partial charge in [-0.15, -0.1) is 0 Å². The molecule has 3 rings (SSSR count). The van der Waals surface area contributed by atoms with Gasteiger partial charge in [0.2, 0.25) is 0 Å². The SMILES string of the molecule is OC1COCC1NC(c1ccccc1)c1ccncc1. The summed E-state index contributed by atoms with van der Waals surface area (Å²) < 4.78 is 5.32. The number of aromatic nitrogens is 1. The molecule has 104 valence electrons. The smallest absolute Gasteiger partial charge is 0.0948 e. The quantitative estimate of drug-likeness (QED) is 0.884. The average molecular weight is 270 g/mol. The Bertz CT molecular complexity index is 493. The highest BCUT2D eigenvalue weighted by atomic mass is 16.5. The third-order valence-corrected chi connectivity index (χ3v) is 3.60. The van der Waals surface area contributed by atoms with Crippen LogP contribution in [0.1, 0.15) is 17.2 Å². The van der Waals surface area contributed by atoms with Gasteiger partial charge in [0.15, 0.2) is 0 Å². The summed E-state index contributed by atoms with van der Waals surface area (Å²) >= 11 is 0. The molecule has 2 heterocycles. The first-order valence-corrected chi connectivity index (χ1v) is 6.81. The molecule has 1 aliphatic heterocycles. The van der Waals surface area contributed by atoms with Crippen LogP contribution in [0, 0.1) is 0 Å². The van der Waals surface area contributed by atoms with Gasteiger partial charge in [0, 0.05) is 12.4 Å². The second-order valence-electron chi connectivity index (χ2n) is 5.00. The Morgan fingerprint density at radius 3 is 2.40 bits per heavy atom. The zero-order chi connectivity index (χ0) is 13.8. The fourth-order valence-electron chi connectivity index (χ4n) is 2.50. The topological polar surface area (TPSA) is 54.4 Å². The van der Waals surface area contributed by atoms with Crippen LogP contribution >= 0.6 is 0 Å². The van der Waals surface area contributed by atoms with Gasteiger partial charge in [-0.1, -0.05) is 30.3 Å². The molecule has 0 radical (unpaired) electrons. The molecule has 2 N–H and O–H groups in total. The third-order valence-electron chi connectivity index (χ3n) is 3.60. The van der Waals surface area contributed by atoms with Crippen LogP contribution in [0.3, 0.4) is 0 Å². The predicted octanol–water partition coefficient (Wildman–Crippen LogP) is 1.52. The van der Waals surface area contributed by atoms with Crippen molar-refractivity contribution in [1.82, 2.24) is 10.3 Å². The highest BCUT2D eigenvalue weighted by molar-refractivity contribution is 5.30. The summed E-state index contributed by atoms with van der Waals surface area (Å²) in [5.41, 5.74) is 2.29. The van der Waals surface area contributed by atoms with Crippen LogP contribution in [-0.4, -0.2) is 35.5 Å². The second kappa shape index (κ2) is 6.13. The van der Waals surface area contributed by atoms with E-state index in [-0.39, 0.29) is 12.1 Å². The van der Waals surface area contributed by atoms with Crippen LogP contribution in [0.4, 0.5) is 0 Å². The summed E-state index contributed by atoms with van der Waals surface area (Å²) in [6.45, 7) is 0.936. The van der Waals surface area contributed by atoms with Crippen LogP contribution in [0.15, 0.2) is 54.9 Å². The molecule has 0 saturated carbocycles. The van der Waals surface area contributed by atoms with E-state index >= 15 is 0 Å². The van der Waals surface area contributed by atoms with Gasteiger partial charge in [-0.3, -0.25) is 10.3 Å². The first-order valence-electron chi connectivity index (χ1n) is 6.81. The van der Waals surface area contributed by atoms with Crippen LogP contribution in [0.25, 0.3) is 0 Å². The Kier molecular flexibility index (Phi) is 4.06. The standard InChI is InChI=1S/C16H18N2O2/c19-15-11-20-10-14(15)18-16(12-4-2-1-3-5-12)13-6-8-17-9-7-13/h1-9,14-16,18-19H,10-11H2. The van der Waals surface area contributed by atoms with Gasteiger partial charge in [0.25, 0.3) is 0 Å². The number of hydrogen-bond donors (Lipinski definition) is 2. The van der Waals surface area contributed by atoms with Crippen molar-refractivity contribution in [3.63, 3.8) is 0 Å². The zero-order valence-corrected chi connectivity index (χ0v) is 11.1. The number of ether oxygens (including phenoxy) is 1. The molecule has 2 aromatic rings. The van der Waals surface area contributed by atoms with Gasteiger partial charge in [0.05, 0.1) is 31.4 Å². The normalized spacial score (nSPS) is 23.6. The molecule has 1 saturated heterocycles. The van der Waals surface area contributed by atoms with Gasteiger partial charge in [-0.05, 0) is 23.3 Å². The Labute approximate surface area is 118 Å². The van der Waals surface area contributed by atoms with E-state index in [4.69, 9.17) is 4.74 Å². The van der Waals surface area contributed by atoms with Crippen molar-refractivity contribution in [2.75, 3.05) is 13.2 Å².